The zero-order valence-corrected chi connectivity index (χ0v) is 27.9. The largest absolute Gasteiger partial charge is 0.462 e. The number of rotatable bonds is 11. The van der Waals surface area contributed by atoms with Gasteiger partial charge in [0, 0.05) is 43.7 Å². The summed E-state index contributed by atoms with van der Waals surface area (Å²) in [4.78, 5) is 57.4. The van der Waals surface area contributed by atoms with Crippen molar-refractivity contribution in [2.24, 2.45) is 0 Å². The van der Waals surface area contributed by atoms with Gasteiger partial charge in [-0.1, -0.05) is 36.4 Å². The molecule has 0 fully saturated rings. The normalized spacial score (nSPS) is 12.6. The number of carbonyl (C=O) groups is 4. The summed E-state index contributed by atoms with van der Waals surface area (Å²) in [6.45, 7) is 2.04. The second-order valence-electron chi connectivity index (χ2n) is 11.1. The molecule has 0 aliphatic heterocycles. The summed E-state index contributed by atoms with van der Waals surface area (Å²) in [5.74, 6) is -1.36. The molecule has 11 heteroatoms. The zero-order chi connectivity index (χ0) is 33.5. The van der Waals surface area contributed by atoms with Gasteiger partial charge in [0.2, 0.25) is 5.91 Å². The second-order valence-corrected chi connectivity index (χ2v) is 13.3. The highest BCUT2D eigenvalue weighted by molar-refractivity contribution is 8.00. The van der Waals surface area contributed by atoms with Crippen LogP contribution in [0.25, 0.3) is 17.0 Å². The maximum absolute atomic E-state index is 13.5. The van der Waals surface area contributed by atoms with Crippen molar-refractivity contribution in [1.29, 1.82) is 0 Å². The van der Waals surface area contributed by atoms with Crippen LogP contribution in [0.2, 0.25) is 0 Å². The van der Waals surface area contributed by atoms with E-state index in [0.717, 1.165) is 57.5 Å². The third kappa shape index (κ3) is 7.70. The summed E-state index contributed by atoms with van der Waals surface area (Å²) in [6, 6.07) is 23.5. The van der Waals surface area contributed by atoms with Crippen LogP contribution in [0.3, 0.4) is 0 Å². The van der Waals surface area contributed by atoms with E-state index in [4.69, 9.17) is 4.74 Å². The lowest BCUT2D eigenvalue weighted by Gasteiger charge is -2.12. The first kappa shape index (κ1) is 32.8. The van der Waals surface area contributed by atoms with Crippen LogP contribution in [-0.2, 0) is 27.2 Å². The van der Waals surface area contributed by atoms with Gasteiger partial charge in [0.25, 0.3) is 11.8 Å². The Balaban J connectivity index is 1.11. The third-order valence-electron chi connectivity index (χ3n) is 7.84. The minimum Gasteiger partial charge on any atom is -0.462 e. The number of nitrogens with one attached hydrogen (secondary N) is 4. The molecule has 48 heavy (non-hydrogen) atoms. The molecule has 0 spiro atoms. The van der Waals surface area contributed by atoms with Crippen molar-refractivity contribution >= 4 is 74.5 Å². The summed E-state index contributed by atoms with van der Waals surface area (Å²) in [5.41, 5.74) is 4.20. The number of esters is 1. The first-order chi connectivity index (χ1) is 23.4. The van der Waals surface area contributed by atoms with Crippen LogP contribution in [0, 0.1) is 0 Å². The first-order valence-electron chi connectivity index (χ1n) is 15.7. The number of H-pyrrole nitrogens is 1. The van der Waals surface area contributed by atoms with Crippen LogP contribution < -0.4 is 16.0 Å². The van der Waals surface area contributed by atoms with Gasteiger partial charge in [-0.25, -0.2) is 4.79 Å². The van der Waals surface area contributed by atoms with Gasteiger partial charge in [-0.3, -0.25) is 14.4 Å². The Morgan fingerprint density at radius 2 is 1.67 bits per heavy atom. The number of thiophene rings is 1. The number of carbonyl (C=O) groups excluding carboxylic acids is 4. The molecule has 3 aromatic carbocycles. The average molecular weight is 679 g/mol. The molecule has 2 heterocycles. The highest BCUT2D eigenvalue weighted by atomic mass is 32.2. The fourth-order valence-electron chi connectivity index (χ4n) is 5.53. The van der Waals surface area contributed by atoms with Crippen LogP contribution >= 0.6 is 23.1 Å². The highest BCUT2D eigenvalue weighted by Gasteiger charge is 2.27. The Bertz CT molecular complexity index is 2000. The molecule has 0 bridgehead atoms. The molecule has 244 valence electrons. The molecular formula is C37H34N4O5S2. The van der Waals surface area contributed by atoms with Crippen molar-refractivity contribution in [3.63, 3.8) is 0 Å². The molecule has 0 radical (unpaired) electrons. The number of benzene rings is 3. The highest BCUT2D eigenvalue weighted by Crippen LogP contribution is 2.39. The molecule has 0 saturated carbocycles. The van der Waals surface area contributed by atoms with E-state index in [9.17, 15) is 19.2 Å². The fourth-order valence-corrected chi connectivity index (χ4v) is 7.52. The van der Waals surface area contributed by atoms with Crippen LogP contribution in [0.5, 0.6) is 0 Å². The van der Waals surface area contributed by atoms with E-state index in [1.165, 1.54) is 23.1 Å². The molecule has 2 aromatic heterocycles. The molecule has 0 unspecified atom stereocenters. The van der Waals surface area contributed by atoms with Gasteiger partial charge in [-0.05, 0) is 86.7 Å². The second kappa shape index (κ2) is 15.2. The molecule has 1 aliphatic rings. The number of anilines is 2. The van der Waals surface area contributed by atoms with E-state index in [2.05, 4.69) is 20.9 Å². The predicted molar refractivity (Wildman–Crippen MR) is 192 cm³/mol. The van der Waals surface area contributed by atoms with E-state index < -0.39 is 17.8 Å². The quantitative estimate of drug-likeness (QED) is 0.0654. The molecule has 1 aliphatic carbocycles. The predicted octanol–water partition coefficient (Wildman–Crippen LogP) is 7.43. The number of thioether (sulfide) groups is 1. The third-order valence-corrected chi connectivity index (χ3v) is 10.1. The molecule has 9 nitrogen and oxygen atoms in total. The van der Waals surface area contributed by atoms with Gasteiger partial charge < -0.3 is 25.7 Å². The maximum atomic E-state index is 13.5. The Kier molecular flexibility index (Phi) is 10.4. The summed E-state index contributed by atoms with van der Waals surface area (Å²) >= 11 is 2.81. The molecular weight excluding hydrogens is 645 g/mol. The topological polar surface area (TPSA) is 129 Å². The number of aryl methyl sites for hydroxylation is 1. The molecule has 5 aromatic rings. The molecule has 0 saturated heterocycles. The number of hydrogen-bond acceptors (Lipinski definition) is 7. The van der Waals surface area contributed by atoms with E-state index in [1.54, 1.807) is 55.6 Å². The van der Waals surface area contributed by atoms with Crippen LogP contribution in [0.4, 0.5) is 10.7 Å². The lowest BCUT2D eigenvalue weighted by Crippen LogP contribution is -2.30. The van der Waals surface area contributed by atoms with Crippen molar-refractivity contribution < 1.29 is 23.9 Å². The maximum Gasteiger partial charge on any atom is 0.341 e. The summed E-state index contributed by atoms with van der Waals surface area (Å²) in [6.07, 6.45) is 7.24. The van der Waals surface area contributed by atoms with Crippen LogP contribution in [0.1, 0.15) is 56.5 Å². The van der Waals surface area contributed by atoms with Crippen molar-refractivity contribution in [2.75, 3.05) is 23.0 Å². The smallest absolute Gasteiger partial charge is 0.341 e. The minimum absolute atomic E-state index is 0.0844. The summed E-state index contributed by atoms with van der Waals surface area (Å²) in [7, 11) is 0. The van der Waals surface area contributed by atoms with Gasteiger partial charge in [0.15, 0.2) is 0 Å². The zero-order valence-electron chi connectivity index (χ0n) is 26.3. The van der Waals surface area contributed by atoms with E-state index in [-0.39, 0.29) is 24.0 Å². The Hall–Kier alpha value is -5.13. The average Bonchev–Trinajstić information content (AvgIpc) is 3.69. The number of fused-ring (bicyclic) bond motifs is 2. The Morgan fingerprint density at radius 3 is 2.46 bits per heavy atom. The van der Waals surface area contributed by atoms with Gasteiger partial charge >= 0.3 is 5.97 Å². The minimum atomic E-state index is -0.486. The number of aromatic amines is 1. The number of para-hydroxylation sites is 1. The number of ether oxygens (including phenoxy) is 1. The van der Waals surface area contributed by atoms with E-state index in [1.807, 2.05) is 42.5 Å². The number of amides is 3. The lowest BCUT2D eigenvalue weighted by atomic mass is 9.95. The fraction of sp³-hybridized carbons (Fsp3) is 0.189. The van der Waals surface area contributed by atoms with Gasteiger partial charge in [-0.2, -0.15) is 0 Å². The molecule has 3 amide bonds. The van der Waals surface area contributed by atoms with Gasteiger partial charge in [0.1, 0.15) is 10.7 Å². The molecule has 4 N–H and O–H groups in total. The van der Waals surface area contributed by atoms with Gasteiger partial charge in [0.05, 0.1) is 17.9 Å². The van der Waals surface area contributed by atoms with Crippen molar-refractivity contribution in [3.05, 3.63) is 118 Å². The Labute approximate surface area is 286 Å². The van der Waals surface area contributed by atoms with Crippen molar-refractivity contribution in [2.45, 2.75) is 37.5 Å². The summed E-state index contributed by atoms with van der Waals surface area (Å²) < 4.78 is 5.30. The van der Waals surface area contributed by atoms with Gasteiger partial charge in [-0.15, -0.1) is 23.1 Å². The molecule has 0 atom stereocenters. The van der Waals surface area contributed by atoms with Crippen molar-refractivity contribution in [1.82, 2.24) is 10.3 Å². The monoisotopic (exact) mass is 678 g/mol. The standard InChI is InChI=1S/C37H34N4O5S2/c1-2-46-37(45)33-28-13-7-9-15-31(28)48-36(33)41-32(42)22-47-26-18-16-25(17-19-26)39-35(44)30(40-34(43)23-10-4-3-5-11-23)20-24-21-38-29-14-8-6-12-27(24)29/h3-6,8,10-12,14,16-21,38H,2,7,9,13,15,22H2,1H3,(H,39,44)(H,40,43)(H,41,42)/b30-20-. The first-order valence-corrected chi connectivity index (χ1v) is 17.5. The number of aromatic nitrogens is 1. The van der Waals surface area contributed by atoms with E-state index >= 15 is 0 Å². The summed E-state index contributed by atoms with van der Waals surface area (Å²) in [5, 5.41) is 10.1. The Morgan fingerprint density at radius 1 is 0.917 bits per heavy atom. The lowest BCUT2D eigenvalue weighted by molar-refractivity contribution is -0.114. The van der Waals surface area contributed by atoms with Crippen LogP contribution in [0.15, 0.2) is 95.7 Å². The SMILES string of the molecule is CCOC(=O)c1c(NC(=O)CSc2ccc(NC(=O)/C(=C/c3c[nH]c4ccccc34)NC(=O)c3ccccc3)cc2)sc2c1CCCC2. The van der Waals surface area contributed by atoms with E-state index in [0.29, 0.717) is 21.8 Å². The van der Waals surface area contributed by atoms with Crippen molar-refractivity contribution in [3.8, 4) is 0 Å². The molecule has 6 rings (SSSR count). The number of hydrogen-bond donors (Lipinski definition) is 4. The van der Waals surface area contributed by atoms with Crippen LogP contribution in [-0.4, -0.2) is 41.0 Å².